The van der Waals surface area contributed by atoms with Gasteiger partial charge in [0.2, 0.25) is 11.1 Å². The molecule has 22 heavy (non-hydrogen) atoms. The Morgan fingerprint density at radius 1 is 1.50 bits per heavy atom. The molecule has 1 amide bonds. The molecular formula is C12H21N5O3S2. The molecule has 0 spiro atoms. The molecule has 1 saturated heterocycles. The first-order valence-corrected chi connectivity index (χ1v) is 9.94. The summed E-state index contributed by atoms with van der Waals surface area (Å²) in [5.41, 5.74) is 0. The fourth-order valence-electron chi connectivity index (χ4n) is 2.42. The molecular weight excluding hydrogens is 326 g/mol. The van der Waals surface area contributed by atoms with Gasteiger partial charge >= 0.3 is 0 Å². The average molecular weight is 347 g/mol. The van der Waals surface area contributed by atoms with Gasteiger partial charge in [0.05, 0.1) is 17.3 Å². The predicted molar refractivity (Wildman–Crippen MR) is 83.1 cm³/mol. The van der Waals surface area contributed by atoms with Crippen molar-refractivity contribution in [2.45, 2.75) is 31.5 Å². The van der Waals surface area contributed by atoms with Crippen LogP contribution >= 0.6 is 11.8 Å². The Morgan fingerprint density at radius 3 is 2.73 bits per heavy atom. The molecule has 8 nitrogen and oxygen atoms in total. The van der Waals surface area contributed by atoms with Crippen LogP contribution in [0, 0.1) is 5.92 Å². The van der Waals surface area contributed by atoms with Gasteiger partial charge in [0.1, 0.15) is 0 Å². The van der Waals surface area contributed by atoms with Crippen LogP contribution in [-0.4, -0.2) is 69.3 Å². The number of hydrogen-bond acceptors (Lipinski definition) is 7. The highest BCUT2D eigenvalue weighted by atomic mass is 32.2. The van der Waals surface area contributed by atoms with Gasteiger partial charge in [-0.3, -0.25) is 4.79 Å². The van der Waals surface area contributed by atoms with E-state index in [0.717, 1.165) is 0 Å². The van der Waals surface area contributed by atoms with Crippen LogP contribution < -0.4 is 0 Å². The summed E-state index contributed by atoms with van der Waals surface area (Å²) in [5.74, 6) is 0.663. The number of carbonyl (C=O) groups excluding carboxylic acids is 1. The summed E-state index contributed by atoms with van der Waals surface area (Å²) >= 11 is 1.26. The van der Waals surface area contributed by atoms with Gasteiger partial charge in [-0.1, -0.05) is 25.6 Å². The first-order valence-electron chi connectivity index (χ1n) is 7.13. The van der Waals surface area contributed by atoms with Crippen molar-refractivity contribution in [1.82, 2.24) is 25.1 Å². The van der Waals surface area contributed by atoms with E-state index in [0.29, 0.717) is 18.1 Å². The molecule has 0 bridgehead atoms. The minimum atomic E-state index is -3.01. The third-order valence-corrected chi connectivity index (χ3v) is 6.18. The molecule has 0 aromatic carbocycles. The van der Waals surface area contributed by atoms with Gasteiger partial charge in [0.15, 0.2) is 9.84 Å². The zero-order valence-electron chi connectivity index (χ0n) is 13.0. The van der Waals surface area contributed by atoms with E-state index >= 15 is 0 Å². The molecule has 0 radical (unpaired) electrons. The van der Waals surface area contributed by atoms with Crippen molar-refractivity contribution < 1.29 is 13.2 Å². The monoisotopic (exact) mass is 347 g/mol. The fourth-order valence-corrected chi connectivity index (χ4v) is 4.89. The molecule has 1 atom stereocenters. The first-order chi connectivity index (χ1) is 10.3. The Kier molecular flexibility index (Phi) is 5.43. The normalized spacial score (nSPS) is 20.5. The maximum absolute atomic E-state index is 12.5. The van der Waals surface area contributed by atoms with Gasteiger partial charge in [-0.25, -0.2) is 13.1 Å². The number of thioether (sulfide) groups is 1. The molecule has 1 aromatic heterocycles. The number of amides is 1. The summed E-state index contributed by atoms with van der Waals surface area (Å²) in [5, 5.41) is 11.6. The summed E-state index contributed by atoms with van der Waals surface area (Å²) in [7, 11) is -1.30. The van der Waals surface area contributed by atoms with E-state index in [-0.39, 0.29) is 35.1 Å². The Labute approximate surface area is 134 Å². The van der Waals surface area contributed by atoms with E-state index < -0.39 is 9.84 Å². The Bertz CT molecular complexity index is 628. The van der Waals surface area contributed by atoms with Crippen molar-refractivity contribution in [3.8, 4) is 0 Å². The van der Waals surface area contributed by atoms with Crippen molar-refractivity contribution >= 4 is 27.5 Å². The zero-order chi connectivity index (χ0) is 16.3. The quantitative estimate of drug-likeness (QED) is 0.667. The Balaban J connectivity index is 2.02. The van der Waals surface area contributed by atoms with Crippen LogP contribution in [0.3, 0.4) is 0 Å². The number of nitrogens with zero attached hydrogens (tertiary/aromatic N) is 5. The molecule has 0 unspecified atom stereocenters. The summed E-state index contributed by atoms with van der Waals surface area (Å²) in [6.45, 7) is 4.60. The fraction of sp³-hybridized carbons (Fsp3) is 0.833. The van der Waals surface area contributed by atoms with Gasteiger partial charge in [0.25, 0.3) is 0 Å². The second-order valence-corrected chi connectivity index (χ2v) is 9.04. The van der Waals surface area contributed by atoms with Crippen LogP contribution in [0.15, 0.2) is 5.16 Å². The number of aromatic nitrogens is 4. The van der Waals surface area contributed by atoms with E-state index in [1.165, 1.54) is 16.4 Å². The Morgan fingerprint density at radius 2 is 2.23 bits per heavy atom. The van der Waals surface area contributed by atoms with E-state index in [9.17, 15) is 13.2 Å². The largest absolute Gasteiger partial charge is 0.338 e. The minimum Gasteiger partial charge on any atom is -0.338 e. The molecule has 1 fully saturated rings. The maximum atomic E-state index is 12.5. The lowest BCUT2D eigenvalue weighted by Gasteiger charge is -2.29. The number of tetrazole rings is 1. The molecule has 2 heterocycles. The third kappa shape index (κ3) is 4.42. The Hall–Kier alpha value is -1.16. The lowest BCUT2D eigenvalue weighted by molar-refractivity contribution is -0.130. The average Bonchev–Trinajstić information content (AvgIpc) is 2.98. The van der Waals surface area contributed by atoms with Crippen molar-refractivity contribution in [3.05, 3.63) is 0 Å². The molecule has 1 aromatic rings. The van der Waals surface area contributed by atoms with Crippen LogP contribution in [0.25, 0.3) is 0 Å². The van der Waals surface area contributed by atoms with Crippen LogP contribution in [0.2, 0.25) is 0 Å². The van der Waals surface area contributed by atoms with E-state index in [4.69, 9.17) is 0 Å². The van der Waals surface area contributed by atoms with Crippen molar-refractivity contribution in [2.75, 3.05) is 23.8 Å². The van der Waals surface area contributed by atoms with Crippen LogP contribution in [0.1, 0.15) is 20.3 Å². The molecule has 1 aliphatic heterocycles. The highest BCUT2D eigenvalue weighted by Crippen LogP contribution is 2.21. The zero-order valence-corrected chi connectivity index (χ0v) is 14.6. The molecule has 0 saturated carbocycles. The van der Waals surface area contributed by atoms with Crippen LogP contribution in [-0.2, 0) is 21.7 Å². The summed E-state index contributed by atoms with van der Waals surface area (Å²) in [4.78, 5) is 14.2. The van der Waals surface area contributed by atoms with E-state index in [1.807, 2.05) is 13.8 Å². The van der Waals surface area contributed by atoms with Gasteiger partial charge in [-0.15, -0.1) is 5.10 Å². The molecule has 124 valence electrons. The van der Waals surface area contributed by atoms with Gasteiger partial charge in [-0.2, -0.15) is 0 Å². The predicted octanol–water partition coefficient (Wildman–Crippen LogP) is -0.0261. The SMILES string of the molecule is CC(C)CN(C(=O)CSc1nnnn1C)[C@@H]1CCS(=O)(=O)C1. The van der Waals surface area contributed by atoms with E-state index in [2.05, 4.69) is 15.5 Å². The van der Waals surface area contributed by atoms with Gasteiger partial charge in [0, 0.05) is 19.6 Å². The summed E-state index contributed by atoms with van der Waals surface area (Å²) in [6.07, 6.45) is 0.525. The number of sulfone groups is 1. The maximum Gasteiger partial charge on any atom is 0.233 e. The third-order valence-electron chi connectivity index (χ3n) is 3.44. The van der Waals surface area contributed by atoms with E-state index in [1.54, 1.807) is 11.9 Å². The first kappa shape index (κ1) is 17.2. The van der Waals surface area contributed by atoms with Crippen LogP contribution in [0.4, 0.5) is 0 Å². The molecule has 0 N–H and O–H groups in total. The number of aryl methyl sites for hydroxylation is 1. The molecule has 10 heteroatoms. The van der Waals surface area contributed by atoms with Crippen molar-refractivity contribution in [2.24, 2.45) is 13.0 Å². The smallest absolute Gasteiger partial charge is 0.233 e. The van der Waals surface area contributed by atoms with Gasteiger partial charge in [-0.05, 0) is 22.8 Å². The lowest BCUT2D eigenvalue weighted by Crippen LogP contribution is -2.44. The van der Waals surface area contributed by atoms with Crippen molar-refractivity contribution in [1.29, 1.82) is 0 Å². The number of rotatable bonds is 6. The minimum absolute atomic E-state index is 0.0659. The number of carbonyl (C=O) groups is 1. The number of hydrogen-bond donors (Lipinski definition) is 0. The van der Waals surface area contributed by atoms with Gasteiger partial charge < -0.3 is 4.90 Å². The summed E-state index contributed by atoms with van der Waals surface area (Å²) < 4.78 is 24.8. The second-order valence-electron chi connectivity index (χ2n) is 5.87. The summed E-state index contributed by atoms with van der Waals surface area (Å²) in [6, 6.07) is -0.210. The second kappa shape index (κ2) is 6.95. The highest BCUT2D eigenvalue weighted by molar-refractivity contribution is 7.99. The standard InChI is InChI=1S/C12H21N5O3S2/c1-9(2)6-17(10-4-5-22(19,20)8-10)11(18)7-21-12-13-14-15-16(12)3/h9-10H,4-8H2,1-3H3/t10-/m1/s1. The van der Waals surface area contributed by atoms with Crippen molar-refractivity contribution in [3.63, 3.8) is 0 Å². The lowest BCUT2D eigenvalue weighted by atomic mass is 10.1. The molecule has 2 rings (SSSR count). The molecule has 1 aliphatic rings. The molecule has 0 aliphatic carbocycles. The topological polar surface area (TPSA) is 98.1 Å². The highest BCUT2D eigenvalue weighted by Gasteiger charge is 2.34. The van der Waals surface area contributed by atoms with Crippen LogP contribution in [0.5, 0.6) is 0 Å².